The van der Waals surface area contributed by atoms with E-state index in [1.165, 1.54) is 12.0 Å². The number of aromatic nitrogens is 1. The van der Waals surface area contributed by atoms with Crippen LogP contribution in [-0.4, -0.2) is 53.1 Å². The first-order valence-corrected chi connectivity index (χ1v) is 11.7. The summed E-state index contributed by atoms with van der Waals surface area (Å²) >= 11 is 0. The minimum Gasteiger partial charge on any atom is -0.480 e. The molecule has 0 bridgehead atoms. The molecular weight excluding hydrogens is 410 g/mol. The summed E-state index contributed by atoms with van der Waals surface area (Å²) in [6.07, 6.45) is 5.69. The monoisotopic (exact) mass is 447 g/mol. The Morgan fingerprint density at radius 3 is 2.75 bits per heavy atom. The van der Waals surface area contributed by atoms with Crippen molar-refractivity contribution in [2.75, 3.05) is 18.5 Å². The van der Waals surface area contributed by atoms with Gasteiger partial charge in [-0.2, -0.15) is 0 Å². The number of carboxylic acid groups (broad SMARTS) is 1. The van der Waals surface area contributed by atoms with Crippen LogP contribution in [0.1, 0.15) is 64.6 Å². The Hall–Kier alpha value is -2.35. The molecule has 0 aromatic carbocycles. The summed E-state index contributed by atoms with van der Waals surface area (Å²) in [5.74, 6) is 0.193. The Balaban J connectivity index is 1.36. The van der Waals surface area contributed by atoms with Crippen molar-refractivity contribution in [2.45, 2.75) is 84.0 Å². The zero-order valence-corrected chi connectivity index (χ0v) is 19.6. The van der Waals surface area contributed by atoms with Crippen LogP contribution in [-0.2, 0) is 27.1 Å². The maximum atomic E-state index is 11.9. The topological polar surface area (TPSA) is 110 Å². The molecule has 1 aromatic heterocycles. The summed E-state index contributed by atoms with van der Waals surface area (Å²) in [5, 5.41) is 15.3. The van der Waals surface area contributed by atoms with Crippen LogP contribution in [0.5, 0.6) is 0 Å². The quantitative estimate of drug-likeness (QED) is 0.528. The number of alkyl carbamates (subject to hydrolysis) is 1. The van der Waals surface area contributed by atoms with Gasteiger partial charge in [-0.05, 0) is 76.8 Å². The number of hydrogen-bond donors (Lipinski definition) is 3. The molecule has 1 amide bonds. The van der Waals surface area contributed by atoms with E-state index in [1.54, 1.807) is 27.7 Å². The van der Waals surface area contributed by atoms with E-state index in [4.69, 9.17) is 14.5 Å². The molecule has 0 unspecified atom stereocenters. The van der Waals surface area contributed by atoms with Crippen LogP contribution in [0.15, 0.2) is 12.1 Å². The third kappa shape index (κ3) is 7.08. The molecule has 0 spiro atoms. The van der Waals surface area contributed by atoms with Gasteiger partial charge in [0.15, 0.2) is 0 Å². The van der Waals surface area contributed by atoms with Crippen LogP contribution in [0.3, 0.4) is 0 Å². The highest BCUT2D eigenvalue weighted by Crippen LogP contribution is 2.34. The molecule has 1 saturated carbocycles. The van der Waals surface area contributed by atoms with Crippen LogP contribution in [0.2, 0.25) is 0 Å². The fourth-order valence-corrected chi connectivity index (χ4v) is 4.17. The van der Waals surface area contributed by atoms with Gasteiger partial charge in [0.05, 0.1) is 12.7 Å². The third-order valence-corrected chi connectivity index (χ3v) is 6.06. The smallest absolute Gasteiger partial charge is 0.408 e. The van der Waals surface area contributed by atoms with Gasteiger partial charge in [0.2, 0.25) is 0 Å². The number of carbonyl (C=O) groups is 2. The van der Waals surface area contributed by atoms with Crippen molar-refractivity contribution in [2.24, 2.45) is 11.8 Å². The number of rotatable bonds is 9. The van der Waals surface area contributed by atoms with Gasteiger partial charge in [-0.25, -0.2) is 14.6 Å². The summed E-state index contributed by atoms with van der Waals surface area (Å²) < 4.78 is 11.1. The van der Waals surface area contributed by atoms with Gasteiger partial charge >= 0.3 is 12.1 Å². The van der Waals surface area contributed by atoms with E-state index < -0.39 is 23.7 Å². The molecule has 1 aliphatic heterocycles. The Kier molecular flexibility index (Phi) is 7.98. The summed E-state index contributed by atoms with van der Waals surface area (Å²) in [6, 6.07) is 3.29. The number of ether oxygens (including phenoxy) is 2. The summed E-state index contributed by atoms with van der Waals surface area (Å²) in [5.41, 5.74) is 1.76. The van der Waals surface area contributed by atoms with Crippen LogP contribution >= 0.6 is 0 Å². The maximum Gasteiger partial charge on any atom is 0.408 e. The molecule has 32 heavy (non-hydrogen) atoms. The van der Waals surface area contributed by atoms with Crippen molar-refractivity contribution in [1.29, 1.82) is 0 Å². The number of aryl methyl sites for hydroxylation is 2. The molecule has 1 aromatic rings. The van der Waals surface area contributed by atoms with E-state index in [9.17, 15) is 14.7 Å². The molecule has 3 N–H and O–H groups in total. The van der Waals surface area contributed by atoms with Gasteiger partial charge in [-0.3, -0.25) is 0 Å². The molecule has 2 atom stereocenters. The number of amides is 1. The average molecular weight is 448 g/mol. The lowest BCUT2D eigenvalue weighted by molar-refractivity contribution is -0.142. The first-order valence-electron chi connectivity index (χ1n) is 11.7. The molecule has 8 heteroatoms. The van der Waals surface area contributed by atoms with E-state index in [2.05, 4.69) is 22.8 Å². The predicted octanol–water partition coefficient (Wildman–Crippen LogP) is 3.78. The fourth-order valence-electron chi connectivity index (χ4n) is 4.17. The van der Waals surface area contributed by atoms with Gasteiger partial charge < -0.3 is 25.2 Å². The second-order valence-electron chi connectivity index (χ2n) is 10.1. The predicted molar refractivity (Wildman–Crippen MR) is 122 cm³/mol. The van der Waals surface area contributed by atoms with Crippen LogP contribution in [0, 0.1) is 11.8 Å². The third-order valence-electron chi connectivity index (χ3n) is 6.06. The lowest BCUT2D eigenvalue weighted by Crippen LogP contribution is -2.48. The number of anilines is 1. The maximum absolute atomic E-state index is 11.9. The largest absolute Gasteiger partial charge is 0.480 e. The van der Waals surface area contributed by atoms with Crippen LogP contribution in [0.4, 0.5) is 10.6 Å². The number of pyridine rings is 1. The number of carbonyl (C=O) groups excluding carboxylic acids is 1. The second kappa shape index (κ2) is 10.5. The minimum absolute atomic E-state index is 0.150. The molecule has 1 fully saturated rings. The molecule has 2 aliphatic rings. The van der Waals surface area contributed by atoms with E-state index in [0.29, 0.717) is 5.92 Å². The van der Waals surface area contributed by atoms with Crippen molar-refractivity contribution >= 4 is 17.9 Å². The lowest BCUT2D eigenvalue weighted by atomic mass is 9.79. The highest BCUT2D eigenvalue weighted by Gasteiger charge is 2.33. The van der Waals surface area contributed by atoms with Crippen molar-refractivity contribution in [3.63, 3.8) is 0 Å². The fraction of sp³-hybridized carbons (Fsp3) is 0.708. The standard InChI is InChI=1S/C24H37N3O5/c1-15(20(22(28)29)27-23(30)32-24(2,3)4)14-31-19-12-16(13-19)7-9-18-10-8-17-6-5-11-25-21(17)26-18/h8,10,15-16,19-20H,5-7,9,11-14H2,1-4H3,(H,25,26)(H,27,30)(H,28,29)/t15-,16-,19-,20-/m0/s1. The first-order chi connectivity index (χ1) is 15.1. The number of nitrogens with one attached hydrogen (secondary N) is 2. The Morgan fingerprint density at radius 2 is 2.06 bits per heavy atom. The highest BCUT2D eigenvalue weighted by atomic mass is 16.6. The molecular formula is C24H37N3O5. The zero-order chi connectivity index (χ0) is 23.3. The first kappa shape index (κ1) is 24.3. The van der Waals surface area contributed by atoms with E-state index in [1.807, 2.05) is 0 Å². The molecule has 3 rings (SSSR count). The summed E-state index contributed by atoms with van der Waals surface area (Å²) in [6.45, 7) is 8.26. The minimum atomic E-state index is -1.09. The molecule has 178 valence electrons. The molecule has 1 aliphatic carbocycles. The number of hydrogen-bond acceptors (Lipinski definition) is 6. The SMILES string of the molecule is C[C@@H](CO[C@H]1C[C@H](CCc2ccc3c(n2)NCCC3)C1)[C@H](NC(=O)OC(C)(C)C)C(=O)O. The van der Waals surface area contributed by atoms with E-state index >= 15 is 0 Å². The number of carboxylic acids is 1. The Labute approximate surface area is 190 Å². The van der Waals surface area contributed by atoms with E-state index in [-0.39, 0.29) is 18.6 Å². The van der Waals surface area contributed by atoms with Gasteiger partial charge in [0.1, 0.15) is 17.5 Å². The van der Waals surface area contributed by atoms with Crippen LogP contribution in [0.25, 0.3) is 0 Å². The normalized spacial score (nSPS) is 22.0. The van der Waals surface area contributed by atoms with E-state index in [0.717, 1.165) is 50.2 Å². The van der Waals surface area contributed by atoms with Crippen molar-refractivity contribution in [3.05, 3.63) is 23.4 Å². The number of fused-ring (bicyclic) bond motifs is 1. The van der Waals surface area contributed by atoms with Crippen molar-refractivity contribution in [1.82, 2.24) is 10.3 Å². The van der Waals surface area contributed by atoms with Gasteiger partial charge in [-0.15, -0.1) is 0 Å². The van der Waals surface area contributed by atoms with Crippen molar-refractivity contribution < 1.29 is 24.2 Å². The number of aliphatic carboxylic acids is 1. The Bertz CT molecular complexity index is 801. The summed E-state index contributed by atoms with van der Waals surface area (Å²) in [4.78, 5) is 28.3. The zero-order valence-electron chi connectivity index (χ0n) is 19.6. The lowest BCUT2D eigenvalue weighted by Gasteiger charge is -2.36. The summed E-state index contributed by atoms with van der Waals surface area (Å²) in [7, 11) is 0. The van der Waals surface area contributed by atoms with Gasteiger partial charge in [0, 0.05) is 18.2 Å². The average Bonchev–Trinajstić information content (AvgIpc) is 2.68. The van der Waals surface area contributed by atoms with Crippen molar-refractivity contribution in [3.8, 4) is 0 Å². The molecule has 8 nitrogen and oxygen atoms in total. The van der Waals surface area contributed by atoms with Crippen LogP contribution < -0.4 is 10.6 Å². The highest BCUT2D eigenvalue weighted by molar-refractivity contribution is 5.80. The second-order valence-corrected chi connectivity index (χ2v) is 10.1. The van der Waals surface area contributed by atoms with Gasteiger partial charge in [0.25, 0.3) is 0 Å². The number of nitrogens with zero attached hydrogens (tertiary/aromatic N) is 1. The molecule has 2 heterocycles. The van der Waals surface area contributed by atoms with Gasteiger partial charge in [-0.1, -0.05) is 13.0 Å². The molecule has 0 saturated heterocycles. The Morgan fingerprint density at radius 1 is 1.31 bits per heavy atom. The molecule has 0 radical (unpaired) electrons.